The second kappa shape index (κ2) is 9.00. The van der Waals surface area contributed by atoms with Gasteiger partial charge in [0.15, 0.2) is 0 Å². The predicted molar refractivity (Wildman–Crippen MR) is 127 cm³/mol. The molecule has 3 aromatic carbocycles. The van der Waals surface area contributed by atoms with Gasteiger partial charge >= 0.3 is 0 Å². The second-order valence-electron chi connectivity index (χ2n) is 7.59. The summed E-state index contributed by atoms with van der Waals surface area (Å²) in [6.07, 6.45) is 0. The van der Waals surface area contributed by atoms with Crippen molar-refractivity contribution in [2.75, 3.05) is 19.1 Å². The highest BCUT2D eigenvalue weighted by molar-refractivity contribution is 6.51. The van der Waals surface area contributed by atoms with Crippen LogP contribution in [-0.2, 0) is 9.59 Å². The Morgan fingerprint density at radius 2 is 1.67 bits per heavy atom. The van der Waals surface area contributed by atoms with E-state index in [9.17, 15) is 14.7 Å². The Balaban J connectivity index is 2.03. The molecule has 7 heteroatoms. The molecule has 0 spiro atoms. The molecule has 0 aromatic heterocycles. The number of nitrogens with zero attached hydrogens (tertiary/aromatic N) is 1. The zero-order chi connectivity index (χ0) is 23.7. The number of Topliss-reactive ketones (excluding diaryl/α,β-unsaturated/α-hetero) is 1. The number of hydrogen-bond acceptors (Lipinski definition) is 5. The normalized spacial score (nSPS) is 17.3. The van der Waals surface area contributed by atoms with Gasteiger partial charge in [-0.05, 0) is 48.9 Å². The maximum atomic E-state index is 13.3. The van der Waals surface area contributed by atoms with E-state index >= 15 is 0 Å². The number of anilines is 1. The largest absolute Gasteiger partial charge is 0.507 e. The third kappa shape index (κ3) is 3.94. The van der Waals surface area contributed by atoms with Gasteiger partial charge in [-0.3, -0.25) is 14.5 Å². The Morgan fingerprint density at radius 1 is 0.939 bits per heavy atom. The molecule has 168 valence electrons. The van der Waals surface area contributed by atoms with Crippen molar-refractivity contribution in [1.82, 2.24) is 0 Å². The van der Waals surface area contributed by atoms with Crippen LogP contribution in [0, 0.1) is 6.92 Å². The summed E-state index contributed by atoms with van der Waals surface area (Å²) in [6.45, 7) is 1.90. The smallest absolute Gasteiger partial charge is 0.300 e. The number of aliphatic hydroxyl groups excluding tert-OH is 1. The van der Waals surface area contributed by atoms with Crippen LogP contribution in [0.3, 0.4) is 0 Å². The molecular formula is C26H22ClNO5. The molecule has 1 aliphatic rings. The number of hydrogen-bond donors (Lipinski definition) is 1. The molecule has 3 aromatic rings. The van der Waals surface area contributed by atoms with Gasteiger partial charge in [0.25, 0.3) is 11.7 Å². The summed E-state index contributed by atoms with van der Waals surface area (Å²) in [5.74, 6) is -1.15. The molecule has 0 aliphatic carbocycles. The maximum absolute atomic E-state index is 13.3. The van der Waals surface area contributed by atoms with Crippen LogP contribution in [0.1, 0.15) is 22.7 Å². The van der Waals surface area contributed by atoms with E-state index in [1.165, 1.54) is 25.2 Å². The van der Waals surface area contributed by atoms with Crippen molar-refractivity contribution in [3.8, 4) is 11.5 Å². The van der Waals surface area contributed by atoms with Crippen LogP contribution in [0.25, 0.3) is 5.76 Å². The van der Waals surface area contributed by atoms with E-state index in [-0.39, 0.29) is 16.9 Å². The monoisotopic (exact) mass is 463 g/mol. The number of aliphatic hydroxyl groups is 1. The zero-order valence-electron chi connectivity index (χ0n) is 18.3. The Kier molecular flexibility index (Phi) is 6.11. The number of carbonyl (C=O) groups excluding carboxylic acids is 2. The maximum Gasteiger partial charge on any atom is 0.300 e. The van der Waals surface area contributed by atoms with Gasteiger partial charge in [-0.1, -0.05) is 41.9 Å². The predicted octanol–water partition coefficient (Wildman–Crippen LogP) is 5.29. The molecule has 6 nitrogen and oxygen atoms in total. The van der Waals surface area contributed by atoms with E-state index in [1.54, 1.807) is 42.5 Å². The number of ketones is 1. The number of carbonyl (C=O) groups is 2. The topological polar surface area (TPSA) is 76.1 Å². The van der Waals surface area contributed by atoms with Gasteiger partial charge in [0.2, 0.25) is 0 Å². The summed E-state index contributed by atoms with van der Waals surface area (Å²) >= 11 is 6.16. The quantitative estimate of drug-likeness (QED) is 0.316. The lowest BCUT2D eigenvalue weighted by Gasteiger charge is -2.27. The van der Waals surface area contributed by atoms with Gasteiger partial charge in [-0.25, -0.2) is 0 Å². The van der Waals surface area contributed by atoms with Crippen LogP contribution in [-0.4, -0.2) is 31.0 Å². The van der Waals surface area contributed by atoms with Crippen molar-refractivity contribution in [3.05, 3.63) is 94.0 Å². The van der Waals surface area contributed by atoms with Crippen molar-refractivity contribution < 1.29 is 24.2 Å². The van der Waals surface area contributed by atoms with Crippen LogP contribution in [0.2, 0.25) is 5.02 Å². The number of benzene rings is 3. The fraction of sp³-hybridized carbons (Fsp3) is 0.154. The Hall–Kier alpha value is -3.77. The van der Waals surface area contributed by atoms with Gasteiger partial charge in [0, 0.05) is 16.3 Å². The fourth-order valence-corrected chi connectivity index (χ4v) is 4.25. The van der Waals surface area contributed by atoms with Crippen LogP contribution in [0.5, 0.6) is 11.5 Å². The molecule has 1 saturated heterocycles. The molecular weight excluding hydrogens is 442 g/mol. The van der Waals surface area contributed by atoms with E-state index in [4.69, 9.17) is 21.1 Å². The number of ether oxygens (including phenoxy) is 2. The van der Waals surface area contributed by atoms with Gasteiger partial charge in [-0.15, -0.1) is 0 Å². The van der Waals surface area contributed by atoms with Crippen LogP contribution < -0.4 is 14.4 Å². The highest BCUT2D eigenvalue weighted by Gasteiger charge is 2.48. The molecule has 1 N–H and O–H groups in total. The van der Waals surface area contributed by atoms with Crippen molar-refractivity contribution in [3.63, 3.8) is 0 Å². The Labute approximate surface area is 196 Å². The average Bonchev–Trinajstić information content (AvgIpc) is 3.08. The first kappa shape index (κ1) is 22.4. The summed E-state index contributed by atoms with van der Waals surface area (Å²) in [4.78, 5) is 28.0. The van der Waals surface area contributed by atoms with Gasteiger partial charge in [0.1, 0.15) is 17.3 Å². The highest BCUT2D eigenvalue weighted by atomic mass is 35.5. The number of amides is 1. The molecule has 1 heterocycles. The minimum atomic E-state index is -0.924. The lowest BCUT2D eigenvalue weighted by Crippen LogP contribution is -2.29. The molecule has 33 heavy (non-hydrogen) atoms. The van der Waals surface area contributed by atoms with E-state index in [0.717, 1.165) is 5.56 Å². The molecule has 1 amide bonds. The number of halogens is 1. The summed E-state index contributed by atoms with van der Waals surface area (Å²) in [5, 5.41) is 11.7. The van der Waals surface area contributed by atoms with E-state index in [1.807, 2.05) is 25.1 Å². The number of rotatable bonds is 5. The molecule has 1 aliphatic heterocycles. The van der Waals surface area contributed by atoms with E-state index in [0.29, 0.717) is 27.8 Å². The summed E-state index contributed by atoms with van der Waals surface area (Å²) in [7, 11) is 2.96. The molecule has 4 rings (SSSR count). The lowest BCUT2D eigenvalue weighted by molar-refractivity contribution is -0.132. The third-order valence-electron chi connectivity index (χ3n) is 5.57. The third-order valence-corrected chi connectivity index (χ3v) is 5.81. The molecule has 1 fully saturated rings. The molecule has 0 saturated carbocycles. The first-order valence-corrected chi connectivity index (χ1v) is 10.6. The van der Waals surface area contributed by atoms with Crippen LogP contribution >= 0.6 is 11.6 Å². The second-order valence-corrected chi connectivity index (χ2v) is 8.03. The minimum Gasteiger partial charge on any atom is -0.507 e. The Bertz CT molecular complexity index is 1280. The summed E-state index contributed by atoms with van der Waals surface area (Å²) in [6, 6.07) is 18.1. The molecule has 1 atom stereocenters. The summed E-state index contributed by atoms with van der Waals surface area (Å²) < 4.78 is 10.9. The first-order chi connectivity index (χ1) is 15.9. The number of aryl methyl sites for hydroxylation is 1. The van der Waals surface area contributed by atoms with Gasteiger partial charge in [0.05, 0.1) is 31.4 Å². The zero-order valence-corrected chi connectivity index (χ0v) is 19.1. The fourth-order valence-electron chi connectivity index (χ4n) is 4.07. The highest BCUT2D eigenvalue weighted by Crippen LogP contribution is 2.46. The van der Waals surface area contributed by atoms with Gasteiger partial charge < -0.3 is 14.6 Å². The van der Waals surface area contributed by atoms with Crippen molar-refractivity contribution in [2.24, 2.45) is 0 Å². The van der Waals surface area contributed by atoms with E-state index < -0.39 is 17.7 Å². The lowest BCUT2D eigenvalue weighted by atomic mass is 9.94. The number of para-hydroxylation sites is 1. The first-order valence-electron chi connectivity index (χ1n) is 10.2. The van der Waals surface area contributed by atoms with Crippen molar-refractivity contribution in [2.45, 2.75) is 13.0 Å². The van der Waals surface area contributed by atoms with E-state index in [2.05, 4.69) is 0 Å². The standard InChI is InChI=1S/C26H22ClNO5/c1-15-7-6-8-17(13-15)28-23(18-9-4-5-10-20(18)32-2)22(25(30)26(28)31)24(29)19-14-16(27)11-12-21(19)33-3/h4-14,23,29H,1-3H3/b24-22+. The van der Waals surface area contributed by atoms with Crippen molar-refractivity contribution >= 4 is 34.7 Å². The molecule has 1 unspecified atom stereocenters. The minimum absolute atomic E-state index is 0.0772. The van der Waals surface area contributed by atoms with Crippen LogP contribution in [0.4, 0.5) is 5.69 Å². The molecule has 0 bridgehead atoms. The Morgan fingerprint density at radius 3 is 2.36 bits per heavy atom. The molecule has 0 radical (unpaired) electrons. The summed E-state index contributed by atoms with van der Waals surface area (Å²) in [5.41, 5.74) is 2.15. The van der Waals surface area contributed by atoms with Crippen LogP contribution in [0.15, 0.2) is 72.3 Å². The SMILES string of the molecule is COc1ccc(Cl)cc1/C(O)=C1\C(=O)C(=O)N(c2cccc(C)c2)C1c1ccccc1OC. The van der Waals surface area contributed by atoms with Crippen molar-refractivity contribution in [1.29, 1.82) is 0 Å². The number of methoxy groups -OCH3 is 2. The van der Waals surface area contributed by atoms with Gasteiger partial charge in [-0.2, -0.15) is 0 Å². The average molecular weight is 464 g/mol.